The van der Waals surface area contributed by atoms with Gasteiger partial charge >= 0.3 is 5.97 Å². The maximum Gasteiger partial charge on any atom is 0.338 e. The number of ether oxygens (including phenoxy) is 1. The average Bonchev–Trinajstić information content (AvgIpc) is 2.96. The fourth-order valence-electron chi connectivity index (χ4n) is 2.83. The van der Waals surface area contributed by atoms with Gasteiger partial charge < -0.3 is 10.1 Å². The minimum Gasteiger partial charge on any atom is -0.452 e. The zero-order valence-corrected chi connectivity index (χ0v) is 15.9. The second-order valence-electron chi connectivity index (χ2n) is 6.64. The van der Waals surface area contributed by atoms with Crippen LogP contribution in [0.3, 0.4) is 0 Å². The predicted octanol–water partition coefficient (Wildman–Crippen LogP) is 2.70. The van der Waals surface area contributed by atoms with Gasteiger partial charge in [0.15, 0.2) is 6.61 Å². The van der Waals surface area contributed by atoms with E-state index in [9.17, 15) is 23.6 Å². The van der Waals surface area contributed by atoms with E-state index in [1.807, 2.05) is 13.8 Å². The summed E-state index contributed by atoms with van der Waals surface area (Å²) in [7, 11) is 0. The van der Waals surface area contributed by atoms with Crippen molar-refractivity contribution in [1.82, 2.24) is 5.32 Å². The van der Waals surface area contributed by atoms with E-state index in [-0.39, 0.29) is 28.4 Å². The number of anilines is 1. The number of nitrogens with one attached hydrogen (secondary N) is 1. The predicted molar refractivity (Wildman–Crippen MR) is 102 cm³/mol. The summed E-state index contributed by atoms with van der Waals surface area (Å²) in [6.07, 6.45) is 0.741. The molecule has 2 aromatic rings. The van der Waals surface area contributed by atoms with Gasteiger partial charge in [0.05, 0.1) is 22.4 Å². The van der Waals surface area contributed by atoms with Crippen molar-refractivity contribution >= 4 is 29.4 Å². The molecule has 1 atom stereocenters. The third-order valence-electron chi connectivity index (χ3n) is 4.56. The van der Waals surface area contributed by atoms with Crippen LogP contribution in [-0.4, -0.2) is 36.3 Å². The first-order chi connectivity index (χ1) is 13.8. The van der Waals surface area contributed by atoms with Gasteiger partial charge in [0.2, 0.25) is 0 Å². The molecule has 0 saturated carbocycles. The first kappa shape index (κ1) is 20.2. The van der Waals surface area contributed by atoms with Crippen molar-refractivity contribution in [3.05, 3.63) is 65.0 Å². The van der Waals surface area contributed by atoms with Crippen molar-refractivity contribution in [2.24, 2.45) is 0 Å². The standard InChI is InChI=1S/C21H19FN2O5/c1-3-12(2)23-18(25)11-29-21(28)13-4-9-16-17(10-13)20(27)24(19(16)26)15-7-5-14(22)6-8-15/h4-10,12H,3,11H2,1-2H3,(H,23,25)/t12-/m1/s1. The second kappa shape index (κ2) is 8.22. The fraction of sp³-hybridized carbons (Fsp3) is 0.238. The number of benzene rings is 2. The maximum absolute atomic E-state index is 13.1. The van der Waals surface area contributed by atoms with Crippen molar-refractivity contribution in [1.29, 1.82) is 0 Å². The van der Waals surface area contributed by atoms with Gasteiger partial charge in [0.25, 0.3) is 17.7 Å². The number of imide groups is 1. The highest BCUT2D eigenvalue weighted by Crippen LogP contribution is 2.29. The molecule has 8 heteroatoms. The molecule has 1 heterocycles. The highest BCUT2D eigenvalue weighted by Gasteiger charge is 2.37. The van der Waals surface area contributed by atoms with Crippen LogP contribution in [0.2, 0.25) is 0 Å². The van der Waals surface area contributed by atoms with Crippen LogP contribution in [0.1, 0.15) is 51.3 Å². The highest BCUT2D eigenvalue weighted by atomic mass is 19.1. The minimum atomic E-state index is -0.785. The summed E-state index contributed by atoms with van der Waals surface area (Å²) in [4.78, 5) is 50.1. The van der Waals surface area contributed by atoms with Crippen LogP contribution in [0.5, 0.6) is 0 Å². The monoisotopic (exact) mass is 398 g/mol. The zero-order valence-electron chi connectivity index (χ0n) is 15.9. The van der Waals surface area contributed by atoms with E-state index in [1.165, 1.54) is 30.3 Å². The molecule has 29 heavy (non-hydrogen) atoms. The van der Waals surface area contributed by atoms with Gasteiger partial charge in [-0.05, 0) is 55.8 Å². The van der Waals surface area contributed by atoms with E-state index in [1.54, 1.807) is 0 Å². The molecule has 0 bridgehead atoms. The molecular formula is C21H19FN2O5. The van der Waals surface area contributed by atoms with Crippen molar-refractivity contribution in [2.75, 3.05) is 11.5 Å². The largest absolute Gasteiger partial charge is 0.452 e. The van der Waals surface area contributed by atoms with Crippen LogP contribution >= 0.6 is 0 Å². The topological polar surface area (TPSA) is 92.8 Å². The van der Waals surface area contributed by atoms with E-state index in [0.29, 0.717) is 0 Å². The number of hydrogen-bond donors (Lipinski definition) is 1. The number of halogens is 1. The Morgan fingerprint density at radius 2 is 1.72 bits per heavy atom. The molecule has 1 aliphatic rings. The normalized spacial score (nSPS) is 13.8. The van der Waals surface area contributed by atoms with Crippen molar-refractivity contribution in [3.8, 4) is 0 Å². The van der Waals surface area contributed by atoms with Crippen molar-refractivity contribution in [3.63, 3.8) is 0 Å². The Balaban J connectivity index is 1.75. The van der Waals surface area contributed by atoms with Crippen LogP contribution in [0.25, 0.3) is 0 Å². The van der Waals surface area contributed by atoms with Gasteiger partial charge in [-0.3, -0.25) is 14.4 Å². The number of amides is 3. The zero-order chi connectivity index (χ0) is 21.1. The molecule has 2 aromatic carbocycles. The third kappa shape index (κ3) is 4.16. The number of carbonyl (C=O) groups excluding carboxylic acids is 4. The summed E-state index contributed by atoms with van der Waals surface area (Å²) in [6.45, 7) is 3.29. The number of rotatable bonds is 6. The van der Waals surface area contributed by atoms with Crippen LogP contribution in [0, 0.1) is 5.82 Å². The Hall–Kier alpha value is -3.55. The molecule has 0 aromatic heterocycles. The van der Waals surface area contributed by atoms with Gasteiger partial charge in [-0.2, -0.15) is 0 Å². The average molecular weight is 398 g/mol. The Bertz CT molecular complexity index is 987. The number of nitrogens with zero attached hydrogens (tertiary/aromatic N) is 1. The molecule has 7 nitrogen and oxygen atoms in total. The Morgan fingerprint density at radius 3 is 2.38 bits per heavy atom. The molecule has 1 aliphatic heterocycles. The van der Waals surface area contributed by atoms with Crippen molar-refractivity contribution in [2.45, 2.75) is 26.3 Å². The van der Waals surface area contributed by atoms with E-state index in [0.717, 1.165) is 23.5 Å². The van der Waals surface area contributed by atoms with Gasteiger partial charge in [0.1, 0.15) is 5.82 Å². The lowest BCUT2D eigenvalue weighted by Crippen LogP contribution is -2.35. The summed E-state index contributed by atoms with van der Waals surface area (Å²) in [5.41, 5.74) is 0.439. The lowest BCUT2D eigenvalue weighted by molar-refractivity contribution is -0.124. The van der Waals surface area contributed by atoms with Crippen LogP contribution in [-0.2, 0) is 9.53 Å². The van der Waals surface area contributed by atoms with Crippen LogP contribution in [0.4, 0.5) is 10.1 Å². The van der Waals surface area contributed by atoms with E-state index in [2.05, 4.69) is 5.32 Å². The Morgan fingerprint density at radius 1 is 1.07 bits per heavy atom. The second-order valence-corrected chi connectivity index (χ2v) is 6.64. The third-order valence-corrected chi connectivity index (χ3v) is 4.56. The first-order valence-electron chi connectivity index (χ1n) is 9.06. The molecule has 3 rings (SSSR count). The van der Waals surface area contributed by atoms with Crippen LogP contribution < -0.4 is 10.2 Å². The highest BCUT2D eigenvalue weighted by molar-refractivity contribution is 6.34. The summed E-state index contributed by atoms with van der Waals surface area (Å²) < 4.78 is 18.1. The number of hydrogen-bond acceptors (Lipinski definition) is 5. The fourth-order valence-corrected chi connectivity index (χ4v) is 2.83. The molecule has 0 fully saturated rings. The summed E-state index contributed by atoms with van der Waals surface area (Å²) in [6, 6.07) is 8.86. The molecule has 0 aliphatic carbocycles. The summed E-state index contributed by atoms with van der Waals surface area (Å²) in [5.74, 6) is -2.90. The maximum atomic E-state index is 13.1. The molecule has 0 spiro atoms. The first-order valence-corrected chi connectivity index (χ1v) is 9.06. The Labute approximate surface area is 166 Å². The smallest absolute Gasteiger partial charge is 0.338 e. The quantitative estimate of drug-likeness (QED) is 0.597. The minimum absolute atomic E-state index is 0.0396. The molecular weight excluding hydrogens is 379 g/mol. The van der Waals surface area contributed by atoms with Gasteiger partial charge in [0, 0.05) is 6.04 Å². The van der Waals surface area contributed by atoms with Gasteiger partial charge in [-0.1, -0.05) is 6.92 Å². The van der Waals surface area contributed by atoms with Crippen molar-refractivity contribution < 1.29 is 28.3 Å². The van der Waals surface area contributed by atoms with Gasteiger partial charge in [-0.15, -0.1) is 0 Å². The van der Waals surface area contributed by atoms with E-state index in [4.69, 9.17) is 4.74 Å². The number of fused-ring (bicyclic) bond motifs is 1. The number of esters is 1. The Kier molecular flexibility index (Phi) is 5.72. The lowest BCUT2D eigenvalue weighted by Gasteiger charge is -2.13. The summed E-state index contributed by atoms with van der Waals surface area (Å²) >= 11 is 0. The SMILES string of the molecule is CC[C@@H](C)NC(=O)COC(=O)c1ccc2c(c1)C(=O)N(c1ccc(F)cc1)C2=O. The van der Waals surface area contributed by atoms with Crippen LogP contribution in [0.15, 0.2) is 42.5 Å². The van der Waals surface area contributed by atoms with E-state index < -0.39 is 36.1 Å². The molecule has 0 unspecified atom stereocenters. The molecule has 0 radical (unpaired) electrons. The number of carbonyl (C=O) groups is 4. The molecule has 150 valence electrons. The molecule has 1 N–H and O–H groups in total. The van der Waals surface area contributed by atoms with E-state index >= 15 is 0 Å². The molecule has 0 saturated heterocycles. The lowest BCUT2D eigenvalue weighted by atomic mass is 10.1. The van der Waals surface area contributed by atoms with Gasteiger partial charge in [-0.25, -0.2) is 14.1 Å². The molecule has 3 amide bonds. The summed E-state index contributed by atoms with van der Waals surface area (Å²) in [5, 5.41) is 2.67.